The molecule has 1 fully saturated rings. The third-order valence-corrected chi connectivity index (χ3v) is 3.27. The Morgan fingerprint density at radius 1 is 1.19 bits per heavy atom. The first-order valence-corrected chi connectivity index (χ1v) is 6.83. The predicted molar refractivity (Wildman–Crippen MR) is 77.3 cm³/mol. The fraction of sp³-hybridized carbons (Fsp3) is 0.214. The summed E-state index contributed by atoms with van der Waals surface area (Å²) in [6.45, 7) is 0. The molecule has 3 rings (SSSR count). The van der Waals surface area contributed by atoms with Crippen LogP contribution < -0.4 is 10.6 Å². The van der Waals surface area contributed by atoms with Crippen LogP contribution in [0.1, 0.15) is 23.3 Å². The van der Waals surface area contributed by atoms with Crippen molar-refractivity contribution in [3.05, 3.63) is 41.2 Å². The van der Waals surface area contributed by atoms with Gasteiger partial charge in [0.25, 0.3) is 5.91 Å². The van der Waals surface area contributed by atoms with Crippen molar-refractivity contribution >= 4 is 35.1 Å². The summed E-state index contributed by atoms with van der Waals surface area (Å²) in [7, 11) is 0. The zero-order valence-corrected chi connectivity index (χ0v) is 11.7. The second kappa shape index (κ2) is 5.57. The third-order valence-electron chi connectivity index (χ3n) is 3.02. The maximum absolute atomic E-state index is 12.0. The lowest BCUT2D eigenvalue weighted by Crippen LogP contribution is -2.15. The van der Waals surface area contributed by atoms with Gasteiger partial charge in [0.15, 0.2) is 5.69 Å². The zero-order chi connectivity index (χ0) is 14.8. The molecule has 0 spiro atoms. The molecule has 0 unspecified atom stereocenters. The summed E-state index contributed by atoms with van der Waals surface area (Å²) < 4.78 is 5.07. The molecule has 0 saturated heterocycles. The Hall–Kier alpha value is -2.34. The van der Waals surface area contributed by atoms with Gasteiger partial charge in [-0.25, -0.2) is 0 Å². The van der Waals surface area contributed by atoms with Crippen LogP contribution in [0.5, 0.6) is 0 Å². The third kappa shape index (κ3) is 3.41. The molecule has 6 nitrogen and oxygen atoms in total. The molecule has 0 bridgehead atoms. The molecule has 1 aromatic carbocycles. The normalized spacial score (nSPS) is 13.8. The van der Waals surface area contributed by atoms with Crippen molar-refractivity contribution in [1.82, 2.24) is 4.98 Å². The largest absolute Gasteiger partial charge is 0.431 e. The monoisotopic (exact) mass is 305 g/mol. The Morgan fingerprint density at radius 2 is 1.90 bits per heavy atom. The van der Waals surface area contributed by atoms with Gasteiger partial charge < -0.3 is 9.73 Å². The molecule has 0 atom stereocenters. The molecule has 0 aliphatic heterocycles. The highest BCUT2D eigenvalue weighted by atomic mass is 35.5. The van der Waals surface area contributed by atoms with Gasteiger partial charge in [-0.15, -0.1) is 0 Å². The number of hydrogen-bond donors (Lipinski definition) is 2. The lowest BCUT2D eigenvalue weighted by atomic mass is 10.3. The zero-order valence-electron chi connectivity index (χ0n) is 10.9. The number of nitrogens with one attached hydrogen (secondary N) is 2. The first-order chi connectivity index (χ1) is 10.1. The topological polar surface area (TPSA) is 84.2 Å². The number of amides is 2. The molecule has 21 heavy (non-hydrogen) atoms. The number of carbonyl (C=O) groups excluding carboxylic acids is 2. The van der Waals surface area contributed by atoms with Crippen LogP contribution in [0.15, 0.2) is 34.9 Å². The Kier molecular flexibility index (Phi) is 3.62. The minimum atomic E-state index is -0.423. The summed E-state index contributed by atoms with van der Waals surface area (Å²) in [5.41, 5.74) is 0.687. The number of anilines is 2. The number of rotatable bonds is 4. The summed E-state index contributed by atoms with van der Waals surface area (Å²) in [4.78, 5) is 27.5. The van der Waals surface area contributed by atoms with Crippen LogP contribution in [0, 0.1) is 5.92 Å². The second-order valence-corrected chi connectivity index (χ2v) is 5.20. The van der Waals surface area contributed by atoms with Gasteiger partial charge in [0, 0.05) is 16.6 Å². The number of benzene rings is 1. The van der Waals surface area contributed by atoms with Crippen LogP contribution in [0.2, 0.25) is 5.02 Å². The van der Waals surface area contributed by atoms with Crippen LogP contribution in [0.4, 0.5) is 11.7 Å². The van der Waals surface area contributed by atoms with Gasteiger partial charge in [-0.1, -0.05) is 11.6 Å². The first-order valence-electron chi connectivity index (χ1n) is 6.45. The molecule has 0 radical (unpaired) electrons. The number of halogens is 1. The number of carbonyl (C=O) groups is 2. The van der Waals surface area contributed by atoms with Crippen molar-refractivity contribution in [1.29, 1.82) is 0 Å². The summed E-state index contributed by atoms with van der Waals surface area (Å²) in [6, 6.07) is 6.72. The van der Waals surface area contributed by atoms with Gasteiger partial charge in [0.05, 0.1) is 0 Å². The molecule has 2 aromatic rings. The molecular weight excluding hydrogens is 294 g/mol. The highest BCUT2D eigenvalue weighted by Crippen LogP contribution is 2.30. The van der Waals surface area contributed by atoms with E-state index < -0.39 is 5.91 Å². The van der Waals surface area contributed by atoms with E-state index in [-0.39, 0.29) is 23.5 Å². The highest BCUT2D eigenvalue weighted by molar-refractivity contribution is 6.30. The maximum atomic E-state index is 12.0. The standard InChI is InChI=1S/C14H12ClN3O3/c15-9-3-5-10(6-4-9)16-13(20)11-7-21-14(17-11)18-12(19)8-1-2-8/h3-8H,1-2H2,(H,16,20)(H,17,18,19). The minimum absolute atomic E-state index is 0.0353. The maximum Gasteiger partial charge on any atom is 0.302 e. The SMILES string of the molecule is O=C(Nc1ccc(Cl)cc1)c1coc(NC(=O)C2CC2)n1. The molecule has 1 saturated carbocycles. The van der Waals surface area contributed by atoms with Crippen molar-refractivity contribution in [2.24, 2.45) is 5.92 Å². The van der Waals surface area contributed by atoms with Crippen LogP contribution in [0.25, 0.3) is 0 Å². The van der Waals surface area contributed by atoms with Crippen molar-refractivity contribution in [3.63, 3.8) is 0 Å². The van der Waals surface area contributed by atoms with Gasteiger partial charge in [0.1, 0.15) is 6.26 Å². The molecule has 2 N–H and O–H groups in total. The summed E-state index contributed by atoms with van der Waals surface area (Å²) in [5.74, 6) is -0.502. The van der Waals surface area contributed by atoms with E-state index in [1.165, 1.54) is 6.26 Å². The van der Waals surface area contributed by atoms with Crippen LogP contribution in [0.3, 0.4) is 0 Å². The molecule has 1 aromatic heterocycles. The van der Waals surface area contributed by atoms with Crippen molar-refractivity contribution in [2.45, 2.75) is 12.8 Å². The highest BCUT2D eigenvalue weighted by Gasteiger charge is 2.30. The van der Waals surface area contributed by atoms with Gasteiger partial charge >= 0.3 is 6.01 Å². The molecule has 1 aliphatic rings. The van der Waals surface area contributed by atoms with Crippen LogP contribution >= 0.6 is 11.6 Å². The predicted octanol–water partition coefficient (Wildman–Crippen LogP) is 2.93. The summed E-state index contributed by atoms with van der Waals surface area (Å²) in [5, 5.41) is 5.77. The van der Waals surface area contributed by atoms with Gasteiger partial charge in [-0.2, -0.15) is 4.98 Å². The second-order valence-electron chi connectivity index (χ2n) is 4.76. The number of hydrogen-bond acceptors (Lipinski definition) is 4. The molecule has 108 valence electrons. The molecular formula is C14H12ClN3O3. The number of nitrogens with zero attached hydrogens (tertiary/aromatic N) is 1. The Bertz CT molecular complexity index is 677. The van der Waals surface area contributed by atoms with Crippen LogP contribution in [-0.2, 0) is 4.79 Å². The first kappa shape index (κ1) is 13.6. The quantitative estimate of drug-likeness (QED) is 0.909. The van der Waals surface area contributed by atoms with E-state index in [2.05, 4.69) is 15.6 Å². The average molecular weight is 306 g/mol. The fourth-order valence-corrected chi connectivity index (χ4v) is 1.84. The number of aromatic nitrogens is 1. The molecule has 1 heterocycles. The average Bonchev–Trinajstić information content (AvgIpc) is 3.22. The Labute approximate surface area is 125 Å². The van der Waals surface area contributed by atoms with E-state index in [1.807, 2.05) is 0 Å². The molecule has 7 heteroatoms. The van der Waals surface area contributed by atoms with E-state index in [0.29, 0.717) is 10.7 Å². The van der Waals surface area contributed by atoms with Crippen molar-refractivity contribution < 1.29 is 14.0 Å². The molecule has 1 aliphatic carbocycles. The molecule has 2 amide bonds. The van der Waals surface area contributed by atoms with Gasteiger partial charge in [-0.05, 0) is 37.1 Å². The van der Waals surface area contributed by atoms with Crippen molar-refractivity contribution in [2.75, 3.05) is 10.6 Å². The minimum Gasteiger partial charge on any atom is -0.431 e. The van der Waals surface area contributed by atoms with E-state index >= 15 is 0 Å². The smallest absolute Gasteiger partial charge is 0.302 e. The van der Waals surface area contributed by atoms with Crippen molar-refractivity contribution in [3.8, 4) is 0 Å². The van der Waals surface area contributed by atoms with E-state index in [9.17, 15) is 9.59 Å². The van der Waals surface area contributed by atoms with Gasteiger partial charge in [0.2, 0.25) is 5.91 Å². The van der Waals surface area contributed by atoms with E-state index in [4.69, 9.17) is 16.0 Å². The fourth-order valence-electron chi connectivity index (χ4n) is 1.72. The summed E-state index contributed by atoms with van der Waals surface area (Å²) in [6.07, 6.45) is 2.97. The summed E-state index contributed by atoms with van der Waals surface area (Å²) >= 11 is 5.77. The van der Waals surface area contributed by atoms with E-state index in [0.717, 1.165) is 12.8 Å². The van der Waals surface area contributed by atoms with Crippen LogP contribution in [-0.4, -0.2) is 16.8 Å². The lowest BCUT2D eigenvalue weighted by Gasteiger charge is -2.02. The van der Waals surface area contributed by atoms with E-state index in [1.54, 1.807) is 24.3 Å². The Balaban J connectivity index is 1.63. The lowest BCUT2D eigenvalue weighted by molar-refractivity contribution is -0.117. The Morgan fingerprint density at radius 3 is 2.57 bits per heavy atom. The number of oxazole rings is 1. The van der Waals surface area contributed by atoms with Gasteiger partial charge in [-0.3, -0.25) is 14.9 Å².